The van der Waals surface area contributed by atoms with Gasteiger partial charge in [-0.1, -0.05) is 23.7 Å². The Hall–Kier alpha value is -5.50. The van der Waals surface area contributed by atoms with Crippen molar-refractivity contribution in [2.75, 3.05) is 30.8 Å². The van der Waals surface area contributed by atoms with E-state index in [1.165, 1.54) is 22.7 Å². The third kappa shape index (κ3) is 6.58. The minimum absolute atomic E-state index is 0.0499. The average Bonchev–Trinajstić information content (AvgIpc) is 3.38. The molecule has 0 saturated carbocycles. The van der Waals surface area contributed by atoms with Gasteiger partial charge in [-0.25, -0.2) is 4.98 Å². The largest absolute Gasteiger partial charge is 0.478 e. The summed E-state index contributed by atoms with van der Waals surface area (Å²) in [5.41, 5.74) is 3.35. The van der Waals surface area contributed by atoms with Crippen molar-refractivity contribution in [2.45, 2.75) is 31.8 Å². The Bertz CT molecular complexity index is 2000. The first-order valence-electron chi connectivity index (χ1n) is 14.9. The molecule has 1 atom stereocenters. The van der Waals surface area contributed by atoms with Crippen LogP contribution >= 0.6 is 11.6 Å². The molecule has 4 N–H and O–H groups in total. The van der Waals surface area contributed by atoms with Crippen molar-refractivity contribution >= 4 is 63.6 Å². The molecule has 2 aliphatic rings. The van der Waals surface area contributed by atoms with Crippen LogP contribution in [0.25, 0.3) is 10.9 Å². The fourth-order valence-electron chi connectivity index (χ4n) is 5.63. The topological polar surface area (TPSA) is 177 Å². The monoisotopic (exact) mass is 658 g/mol. The van der Waals surface area contributed by atoms with Gasteiger partial charge in [0.05, 0.1) is 11.7 Å². The van der Waals surface area contributed by atoms with Crippen molar-refractivity contribution in [1.82, 2.24) is 30.1 Å². The molecular formula is C32H31ClN8O6. The Labute approximate surface area is 273 Å². The number of piperidine rings is 1. The van der Waals surface area contributed by atoms with Crippen molar-refractivity contribution in [3.8, 4) is 5.75 Å². The molecule has 0 aliphatic carbocycles. The van der Waals surface area contributed by atoms with Crippen LogP contribution in [0.1, 0.15) is 34.3 Å². The quantitative estimate of drug-likeness (QED) is 0.185. The summed E-state index contributed by atoms with van der Waals surface area (Å²) in [6.45, 7) is 0.525. The Kier molecular flexibility index (Phi) is 8.76. The summed E-state index contributed by atoms with van der Waals surface area (Å²) in [6.07, 6.45) is 2.62. The number of likely N-dealkylation sites (N-methyl/N-ethyl adjacent to an activating group) is 1. The number of halogens is 1. The zero-order valence-electron chi connectivity index (χ0n) is 25.6. The number of nitrogens with one attached hydrogen (secondary N) is 4. The maximum atomic E-state index is 13.0. The number of carbonyl (C=O) groups excluding carboxylic acids is 4. The summed E-state index contributed by atoms with van der Waals surface area (Å²) in [4.78, 5) is 71.5. The number of hydrogen-bond donors (Lipinski definition) is 4. The van der Waals surface area contributed by atoms with Crippen LogP contribution in [0.5, 0.6) is 5.75 Å². The number of benzene rings is 2. The molecule has 15 heteroatoms. The second kappa shape index (κ2) is 13.1. The van der Waals surface area contributed by atoms with Crippen LogP contribution in [0.2, 0.25) is 5.02 Å². The first-order chi connectivity index (χ1) is 22.6. The molecule has 0 spiro atoms. The summed E-state index contributed by atoms with van der Waals surface area (Å²) < 4.78 is 6.90. The molecule has 47 heavy (non-hydrogen) atoms. The van der Waals surface area contributed by atoms with E-state index in [-0.39, 0.29) is 42.1 Å². The number of fused-ring (bicyclic) bond motifs is 2. The fourth-order valence-corrected chi connectivity index (χ4v) is 5.77. The van der Waals surface area contributed by atoms with Gasteiger partial charge in [-0.3, -0.25) is 29.3 Å². The Morgan fingerprint density at radius 3 is 2.74 bits per heavy atom. The van der Waals surface area contributed by atoms with Gasteiger partial charge in [0.2, 0.25) is 17.8 Å². The molecule has 1 saturated heterocycles. The minimum Gasteiger partial charge on any atom is -0.478 e. The van der Waals surface area contributed by atoms with Crippen molar-refractivity contribution in [3.63, 3.8) is 0 Å². The van der Waals surface area contributed by atoms with E-state index in [4.69, 9.17) is 16.3 Å². The highest BCUT2D eigenvalue weighted by molar-refractivity contribution is 6.32. The van der Waals surface area contributed by atoms with Gasteiger partial charge in [-0.05, 0) is 54.3 Å². The number of amides is 4. The lowest BCUT2D eigenvalue weighted by molar-refractivity contribution is -0.137. The number of anilines is 3. The molecule has 6 rings (SSSR count). The lowest BCUT2D eigenvalue weighted by Gasteiger charge is -2.29. The predicted octanol–water partition coefficient (Wildman–Crippen LogP) is 2.27. The van der Waals surface area contributed by atoms with Gasteiger partial charge in [0, 0.05) is 50.2 Å². The highest BCUT2D eigenvalue weighted by Crippen LogP contribution is 2.29. The van der Waals surface area contributed by atoms with Crippen LogP contribution in [-0.2, 0) is 34.4 Å². The number of pyridine rings is 1. The molecule has 14 nitrogen and oxygen atoms in total. The zero-order chi connectivity index (χ0) is 33.2. The SMILES string of the molecule is CNC(=O)COc1cc2cc(Nc3nc(NCCc4ccc5c(c4)CN(C4CCC(=O)NC4=O)C5=O)ncc3Cl)ccc2n(C)c1=O. The number of hydrogen-bond acceptors (Lipinski definition) is 10. The lowest BCUT2D eigenvalue weighted by atomic mass is 10.0. The number of imide groups is 1. The summed E-state index contributed by atoms with van der Waals surface area (Å²) in [7, 11) is 3.11. The lowest BCUT2D eigenvalue weighted by Crippen LogP contribution is -2.52. The normalized spacial score (nSPS) is 15.8. The van der Waals surface area contributed by atoms with Crippen molar-refractivity contribution in [1.29, 1.82) is 0 Å². The minimum atomic E-state index is -0.655. The molecule has 2 aromatic heterocycles. The Morgan fingerprint density at radius 1 is 1.13 bits per heavy atom. The van der Waals surface area contributed by atoms with Crippen molar-refractivity contribution in [3.05, 3.63) is 80.7 Å². The van der Waals surface area contributed by atoms with E-state index in [2.05, 4.69) is 31.2 Å². The molecular weight excluding hydrogens is 628 g/mol. The van der Waals surface area contributed by atoms with E-state index >= 15 is 0 Å². The van der Waals surface area contributed by atoms with Crippen LogP contribution in [0, 0.1) is 0 Å². The van der Waals surface area contributed by atoms with Gasteiger partial charge < -0.3 is 30.2 Å². The maximum Gasteiger partial charge on any atom is 0.293 e. The number of aromatic nitrogens is 3. The van der Waals surface area contributed by atoms with E-state index in [1.807, 2.05) is 18.2 Å². The van der Waals surface area contributed by atoms with Crippen LogP contribution in [0.15, 0.2) is 53.5 Å². The summed E-state index contributed by atoms with van der Waals surface area (Å²) >= 11 is 6.41. The molecule has 4 heterocycles. The maximum absolute atomic E-state index is 13.0. The number of nitrogens with zero attached hydrogens (tertiary/aromatic N) is 4. The highest BCUT2D eigenvalue weighted by Gasteiger charge is 2.39. The van der Waals surface area contributed by atoms with Gasteiger partial charge >= 0.3 is 0 Å². The second-order valence-electron chi connectivity index (χ2n) is 11.2. The second-order valence-corrected chi connectivity index (χ2v) is 11.6. The first kappa shape index (κ1) is 31.5. The molecule has 1 unspecified atom stereocenters. The summed E-state index contributed by atoms with van der Waals surface area (Å²) in [5, 5.41) is 12.2. The van der Waals surface area contributed by atoms with Gasteiger partial charge in [-0.2, -0.15) is 4.98 Å². The third-order valence-electron chi connectivity index (χ3n) is 8.12. The summed E-state index contributed by atoms with van der Waals surface area (Å²) in [5.74, 6) is -0.546. The standard InChI is InChI=1S/C32H31ClN8O6/c1-34-27(43)16-47-25-13-18-12-20(4-6-23(18)40(2)31(25)46)37-28-22(33)14-36-32(39-28)35-10-9-17-3-5-21-19(11-17)15-41(30(21)45)24-7-8-26(42)38-29(24)44/h3-6,11-14,24H,7-10,15-16H2,1-2H3,(H,34,43)(H,38,42,44)(H2,35,36,37,39). The van der Waals surface area contributed by atoms with E-state index in [1.54, 1.807) is 31.3 Å². The molecule has 0 bridgehead atoms. The van der Waals surface area contributed by atoms with E-state index in [0.717, 1.165) is 11.1 Å². The van der Waals surface area contributed by atoms with Crippen molar-refractivity contribution < 1.29 is 23.9 Å². The van der Waals surface area contributed by atoms with E-state index < -0.39 is 11.9 Å². The summed E-state index contributed by atoms with van der Waals surface area (Å²) in [6, 6.07) is 11.9. The molecule has 0 radical (unpaired) electrons. The van der Waals surface area contributed by atoms with Gasteiger partial charge in [0.1, 0.15) is 11.1 Å². The predicted molar refractivity (Wildman–Crippen MR) is 174 cm³/mol. The molecule has 4 aromatic rings. The van der Waals surface area contributed by atoms with Crippen molar-refractivity contribution in [2.24, 2.45) is 7.05 Å². The first-order valence-corrected chi connectivity index (χ1v) is 15.3. The van der Waals surface area contributed by atoms with Crippen LogP contribution < -0.4 is 31.6 Å². The van der Waals surface area contributed by atoms with Gasteiger partial charge in [-0.15, -0.1) is 0 Å². The van der Waals surface area contributed by atoms with Crippen LogP contribution in [0.4, 0.5) is 17.5 Å². The number of carbonyl (C=O) groups is 4. The Morgan fingerprint density at radius 2 is 1.96 bits per heavy atom. The molecule has 1 fully saturated rings. The van der Waals surface area contributed by atoms with Gasteiger partial charge in [0.25, 0.3) is 17.4 Å². The number of aryl methyl sites for hydroxylation is 1. The number of rotatable bonds is 10. The number of ether oxygens (including phenoxy) is 1. The highest BCUT2D eigenvalue weighted by atomic mass is 35.5. The smallest absolute Gasteiger partial charge is 0.293 e. The average molecular weight is 659 g/mol. The van der Waals surface area contributed by atoms with Crippen LogP contribution in [-0.4, -0.2) is 69.3 Å². The molecule has 242 valence electrons. The molecule has 2 aliphatic heterocycles. The molecule has 2 aromatic carbocycles. The van der Waals surface area contributed by atoms with Gasteiger partial charge in [0.15, 0.2) is 18.2 Å². The van der Waals surface area contributed by atoms with E-state index in [0.29, 0.717) is 64.9 Å². The van der Waals surface area contributed by atoms with Crippen LogP contribution in [0.3, 0.4) is 0 Å². The zero-order valence-corrected chi connectivity index (χ0v) is 26.3. The third-order valence-corrected chi connectivity index (χ3v) is 8.40. The Balaban J connectivity index is 1.10. The molecule has 4 amide bonds. The van der Waals surface area contributed by atoms with E-state index in [9.17, 15) is 24.0 Å². The fraction of sp³-hybridized carbons (Fsp3) is 0.281.